The molecule has 2 unspecified atom stereocenters. The summed E-state index contributed by atoms with van der Waals surface area (Å²) in [5.41, 5.74) is 0.232. The zero-order valence-electron chi connectivity index (χ0n) is 9.91. The third-order valence-corrected chi connectivity index (χ3v) is 4.25. The lowest BCUT2D eigenvalue weighted by atomic mass is 9.90. The summed E-state index contributed by atoms with van der Waals surface area (Å²) in [7, 11) is 1.90. The standard InChI is InChI=1S/C12H19BrN2O/c1-9-4-3-6-12(16,7-5-9)11-10(13)8-14-15(11)2/h8-9,16H,3-7H2,1-2H3. The van der Waals surface area contributed by atoms with Gasteiger partial charge in [-0.1, -0.05) is 13.3 Å². The van der Waals surface area contributed by atoms with E-state index in [1.165, 1.54) is 6.42 Å². The highest BCUT2D eigenvalue weighted by Gasteiger charge is 2.35. The molecule has 3 nitrogen and oxygen atoms in total. The summed E-state index contributed by atoms with van der Waals surface area (Å²) < 4.78 is 2.71. The summed E-state index contributed by atoms with van der Waals surface area (Å²) in [5, 5.41) is 15.0. The molecule has 0 aromatic carbocycles. The zero-order chi connectivity index (χ0) is 11.8. The third-order valence-electron chi connectivity index (χ3n) is 3.67. The van der Waals surface area contributed by atoms with Crippen LogP contribution in [0.15, 0.2) is 10.7 Å². The number of aromatic nitrogens is 2. The van der Waals surface area contributed by atoms with Crippen molar-refractivity contribution in [3.8, 4) is 0 Å². The highest BCUT2D eigenvalue weighted by molar-refractivity contribution is 9.10. The van der Waals surface area contributed by atoms with E-state index in [0.717, 1.165) is 41.8 Å². The Kier molecular flexibility index (Phi) is 3.40. The Morgan fingerprint density at radius 1 is 1.50 bits per heavy atom. The van der Waals surface area contributed by atoms with Crippen LogP contribution in [0.1, 0.15) is 44.7 Å². The maximum absolute atomic E-state index is 10.8. The fourth-order valence-electron chi connectivity index (χ4n) is 2.67. The van der Waals surface area contributed by atoms with Gasteiger partial charge in [0.05, 0.1) is 16.4 Å². The van der Waals surface area contributed by atoms with Crippen LogP contribution in [0.3, 0.4) is 0 Å². The molecule has 1 saturated carbocycles. The maximum atomic E-state index is 10.8. The number of hydrogen-bond donors (Lipinski definition) is 1. The molecule has 2 rings (SSSR count). The van der Waals surface area contributed by atoms with Crippen LogP contribution < -0.4 is 0 Å². The first-order valence-corrected chi connectivity index (χ1v) is 6.72. The van der Waals surface area contributed by atoms with Crippen molar-refractivity contribution in [2.24, 2.45) is 13.0 Å². The molecule has 1 aliphatic carbocycles. The molecule has 0 bridgehead atoms. The predicted molar refractivity (Wildman–Crippen MR) is 67.1 cm³/mol. The van der Waals surface area contributed by atoms with Crippen LogP contribution >= 0.6 is 15.9 Å². The van der Waals surface area contributed by atoms with Crippen molar-refractivity contribution in [3.05, 3.63) is 16.4 Å². The predicted octanol–water partition coefficient (Wildman–Crippen LogP) is 2.97. The Hall–Kier alpha value is -0.350. The van der Waals surface area contributed by atoms with Crippen LogP contribution in [0.4, 0.5) is 0 Å². The minimum absolute atomic E-state index is 0.700. The molecule has 2 atom stereocenters. The van der Waals surface area contributed by atoms with E-state index < -0.39 is 5.60 Å². The molecular weight excluding hydrogens is 268 g/mol. The topological polar surface area (TPSA) is 38.1 Å². The first kappa shape index (κ1) is 12.1. The molecule has 1 fully saturated rings. The van der Waals surface area contributed by atoms with E-state index in [9.17, 15) is 5.11 Å². The number of aliphatic hydroxyl groups is 1. The maximum Gasteiger partial charge on any atom is 0.107 e. The second-order valence-corrected chi connectivity index (χ2v) is 5.89. The SMILES string of the molecule is CC1CCCC(O)(c2c(Br)cnn2C)CC1. The van der Waals surface area contributed by atoms with Crippen LogP contribution in [0.2, 0.25) is 0 Å². The van der Waals surface area contributed by atoms with Crippen molar-refractivity contribution in [2.45, 2.75) is 44.6 Å². The van der Waals surface area contributed by atoms with Gasteiger partial charge in [-0.05, 0) is 47.5 Å². The van der Waals surface area contributed by atoms with E-state index in [4.69, 9.17) is 0 Å². The summed E-state index contributed by atoms with van der Waals surface area (Å²) >= 11 is 3.49. The van der Waals surface area contributed by atoms with Gasteiger partial charge in [-0.25, -0.2) is 0 Å². The number of rotatable bonds is 1. The molecule has 1 aliphatic rings. The monoisotopic (exact) mass is 286 g/mol. The van der Waals surface area contributed by atoms with E-state index in [1.807, 2.05) is 7.05 Å². The van der Waals surface area contributed by atoms with E-state index in [0.29, 0.717) is 0 Å². The molecule has 0 radical (unpaired) electrons. The van der Waals surface area contributed by atoms with Gasteiger partial charge in [0.1, 0.15) is 5.60 Å². The third kappa shape index (κ3) is 2.18. The lowest BCUT2D eigenvalue weighted by Crippen LogP contribution is -2.28. The first-order chi connectivity index (χ1) is 7.53. The van der Waals surface area contributed by atoms with Crippen LogP contribution in [-0.4, -0.2) is 14.9 Å². The molecule has 4 heteroatoms. The van der Waals surface area contributed by atoms with Gasteiger partial charge in [-0.15, -0.1) is 0 Å². The quantitative estimate of drug-likeness (QED) is 0.806. The molecule has 1 heterocycles. The van der Waals surface area contributed by atoms with E-state index >= 15 is 0 Å². The molecule has 0 aliphatic heterocycles. The van der Waals surface area contributed by atoms with Crippen molar-refractivity contribution in [1.29, 1.82) is 0 Å². The molecule has 0 spiro atoms. The van der Waals surface area contributed by atoms with Crippen molar-refractivity contribution >= 4 is 15.9 Å². The Morgan fingerprint density at radius 3 is 2.88 bits per heavy atom. The number of halogens is 1. The lowest BCUT2D eigenvalue weighted by Gasteiger charge is -2.27. The smallest absolute Gasteiger partial charge is 0.107 e. The number of nitrogens with zero attached hydrogens (tertiary/aromatic N) is 2. The van der Waals surface area contributed by atoms with Crippen molar-refractivity contribution in [2.75, 3.05) is 0 Å². The molecule has 16 heavy (non-hydrogen) atoms. The van der Waals surface area contributed by atoms with Crippen molar-refractivity contribution < 1.29 is 5.11 Å². The highest BCUT2D eigenvalue weighted by Crippen LogP contribution is 2.40. The summed E-state index contributed by atoms with van der Waals surface area (Å²) in [6.07, 6.45) is 6.85. The van der Waals surface area contributed by atoms with Crippen LogP contribution in [0.5, 0.6) is 0 Å². The summed E-state index contributed by atoms with van der Waals surface area (Å²) in [6.45, 7) is 2.27. The fraction of sp³-hybridized carbons (Fsp3) is 0.750. The second kappa shape index (κ2) is 4.49. The second-order valence-electron chi connectivity index (χ2n) is 5.03. The lowest BCUT2D eigenvalue weighted by molar-refractivity contribution is 0.0112. The Labute approximate surface area is 105 Å². The average molecular weight is 287 g/mol. The Morgan fingerprint density at radius 2 is 2.25 bits per heavy atom. The van der Waals surface area contributed by atoms with Gasteiger partial charge in [0, 0.05) is 7.05 Å². The summed E-state index contributed by atoms with van der Waals surface area (Å²) in [4.78, 5) is 0. The van der Waals surface area contributed by atoms with Crippen LogP contribution in [0.25, 0.3) is 0 Å². The normalized spacial score (nSPS) is 31.4. The first-order valence-electron chi connectivity index (χ1n) is 5.93. The zero-order valence-corrected chi connectivity index (χ0v) is 11.5. The fourth-order valence-corrected chi connectivity index (χ4v) is 3.39. The van der Waals surface area contributed by atoms with E-state index in [-0.39, 0.29) is 0 Å². The average Bonchev–Trinajstić information content (AvgIpc) is 2.46. The minimum atomic E-state index is -0.700. The molecular formula is C12H19BrN2O. The van der Waals surface area contributed by atoms with Gasteiger partial charge in [-0.3, -0.25) is 4.68 Å². The Bertz CT molecular complexity index is 358. The van der Waals surface area contributed by atoms with Crippen LogP contribution in [-0.2, 0) is 12.6 Å². The largest absolute Gasteiger partial charge is 0.384 e. The highest BCUT2D eigenvalue weighted by atomic mass is 79.9. The van der Waals surface area contributed by atoms with Crippen LogP contribution in [0, 0.1) is 5.92 Å². The van der Waals surface area contributed by atoms with Gasteiger partial charge in [-0.2, -0.15) is 5.10 Å². The van der Waals surface area contributed by atoms with E-state index in [2.05, 4.69) is 28.0 Å². The van der Waals surface area contributed by atoms with Crippen molar-refractivity contribution in [3.63, 3.8) is 0 Å². The van der Waals surface area contributed by atoms with Gasteiger partial charge >= 0.3 is 0 Å². The van der Waals surface area contributed by atoms with Gasteiger partial charge < -0.3 is 5.11 Å². The molecule has 90 valence electrons. The molecule has 1 aromatic rings. The molecule has 1 aromatic heterocycles. The summed E-state index contributed by atoms with van der Waals surface area (Å²) in [5.74, 6) is 0.723. The van der Waals surface area contributed by atoms with Gasteiger partial charge in [0.15, 0.2) is 0 Å². The van der Waals surface area contributed by atoms with E-state index in [1.54, 1.807) is 10.9 Å². The summed E-state index contributed by atoms with van der Waals surface area (Å²) in [6, 6.07) is 0. The molecule has 1 N–H and O–H groups in total. The van der Waals surface area contributed by atoms with Gasteiger partial charge in [0.2, 0.25) is 0 Å². The minimum Gasteiger partial charge on any atom is -0.384 e. The van der Waals surface area contributed by atoms with Crippen molar-refractivity contribution in [1.82, 2.24) is 9.78 Å². The number of aryl methyl sites for hydroxylation is 1. The Balaban J connectivity index is 2.30. The molecule has 0 saturated heterocycles. The van der Waals surface area contributed by atoms with Gasteiger partial charge in [0.25, 0.3) is 0 Å². The molecule has 0 amide bonds. The number of hydrogen-bond acceptors (Lipinski definition) is 2.